The summed E-state index contributed by atoms with van der Waals surface area (Å²) >= 11 is 6.39. The molecule has 0 atom stereocenters. The second-order valence-corrected chi connectivity index (χ2v) is 8.68. The van der Waals surface area contributed by atoms with Crippen LogP contribution in [0, 0.1) is 6.92 Å². The molecule has 5 rings (SSSR count). The van der Waals surface area contributed by atoms with Gasteiger partial charge in [0.15, 0.2) is 0 Å². The Morgan fingerprint density at radius 2 is 1.90 bits per heavy atom. The molecule has 1 saturated heterocycles. The van der Waals surface area contributed by atoms with Crippen molar-refractivity contribution in [3.8, 4) is 5.69 Å². The molecule has 0 bridgehead atoms. The summed E-state index contributed by atoms with van der Waals surface area (Å²) < 4.78 is 2.07. The summed E-state index contributed by atoms with van der Waals surface area (Å²) in [5.41, 5.74) is 6.23. The highest BCUT2D eigenvalue weighted by Gasteiger charge is 2.30. The molecule has 2 aliphatic heterocycles. The highest BCUT2D eigenvalue weighted by molar-refractivity contribution is 6.31. The van der Waals surface area contributed by atoms with Crippen LogP contribution >= 0.6 is 11.6 Å². The van der Waals surface area contributed by atoms with E-state index in [1.54, 1.807) is 0 Å². The first-order chi connectivity index (χ1) is 14.2. The van der Waals surface area contributed by atoms with Gasteiger partial charge >= 0.3 is 0 Å². The molecule has 1 aromatic heterocycles. The van der Waals surface area contributed by atoms with E-state index in [2.05, 4.69) is 57.4 Å². The van der Waals surface area contributed by atoms with E-state index in [4.69, 9.17) is 16.7 Å². The summed E-state index contributed by atoms with van der Waals surface area (Å²) in [5, 5.41) is 9.42. The summed E-state index contributed by atoms with van der Waals surface area (Å²) in [7, 11) is 0. The van der Waals surface area contributed by atoms with Crippen molar-refractivity contribution in [2.75, 3.05) is 25.0 Å². The number of aromatic nitrogens is 2. The Labute approximate surface area is 177 Å². The Morgan fingerprint density at radius 1 is 1.10 bits per heavy atom. The fraction of sp³-hybridized carbons (Fsp3) is 0.375. The molecule has 0 amide bonds. The van der Waals surface area contributed by atoms with Crippen LogP contribution in [0.1, 0.15) is 41.1 Å². The molecule has 29 heavy (non-hydrogen) atoms. The van der Waals surface area contributed by atoms with Crippen LogP contribution in [0.5, 0.6) is 0 Å². The third kappa shape index (κ3) is 3.67. The molecule has 0 saturated carbocycles. The molecular weight excluding hydrogens is 380 g/mol. The van der Waals surface area contributed by atoms with E-state index < -0.39 is 0 Å². The van der Waals surface area contributed by atoms with Gasteiger partial charge in [-0.15, -0.1) is 0 Å². The van der Waals surface area contributed by atoms with Crippen molar-refractivity contribution in [1.82, 2.24) is 14.7 Å². The van der Waals surface area contributed by atoms with Gasteiger partial charge in [-0.2, -0.15) is 5.10 Å². The van der Waals surface area contributed by atoms with E-state index in [1.807, 2.05) is 13.0 Å². The molecule has 2 aromatic carbocycles. The summed E-state index contributed by atoms with van der Waals surface area (Å²) in [5.74, 6) is 1.70. The summed E-state index contributed by atoms with van der Waals surface area (Å²) in [6.45, 7) is 6.33. The molecule has 3 aromatic rings. The van der Waals surface area contributed by atoms with Gasteiger partial charge in [0, 0.05) is 29.6 Å². The van der Waals surface area contributed by atoms with Gasteiger partial charge in [0.1, 0.15) is 5.82 Å². The summed E-state index contributed by atoms with van der Waals surface area (Å²) in [4.78, 5) is 2.57. The molecule has 4 nitrogen and oxygen atoms in total. The van der Waals surface area contributed by atoms with Crippen LogP contribution in [0.4, 0.5) is 5.82 Å². The van der Waals surface area contributed by atoms with Crippen molar-refractivity contribution in [3.63, 3.8) is 0 Å². The van der Waals surface area contributed by atoms with Crippen LogP contribution in [0.3, 0.4) is 0 Å². The first kappa shape index (κ1) is 18.7. The third-order valence-electron chi connectivity index (χ3n) is 6.31. The minimum absolute atomic E-state index is 0.540. The number of benzene rings is 2. The van der Waals surface area contributed by atoms with E-state index in [9.17, 15) is 0 Å². The normalized spacial score (nSPS) is 17.3. The van der Waals surface area contributed by atoms with Crippen molar-refractivity contribution in [2.24, 2.45) is 0 Å². The molecule has 0 unspecified atom stereocenters. The molecule has 2 aliphatic rings. The number of likely N-dealkylation sites (tertiary alicyclic amines) is 1. The van der Waals surface area contributed by atoms with Crippen LogP contribution in [0.25, 0.3) is 5.69 Å². The van der Waals surface area contributed by atoms with E-state index in [0.29, 0.717) is 5.92 Å². The second kappa shape index (κ2) is 7.85. The van der Waals surface area contributed by atoms with Crippen LogP contribution in [0.15, 0.2) is 48.5 Å². The molecule has 1 N–H and O–H groups in total. The van der Waals surface area contributed by atoms with Crippen LogP contribution in [0.2, 0.25) is 5.02 Å². The lowest BCUT2D eigenvalue weighted by Gasteiger charge is -2.31. The van der Waals surface area contributed by atoms with Crippen LogP contribution in [-0.4, -0.2) is 34.3 Å². The molecular formula is C24H27ClN4. The topological polar surface area (TPSA) is 33.1 Å². The number of nitrogens with zero attached hydrogens (tertiary/aromatic N) is 3. The van der Waals surface area contributed by atoms with Crippen molar-refractivity contribution in [3.05, 3.63) is 75.9 Å². The zero-order chi connectivity index (χ0) is 19.8. The Bertz CT molecular complexity index is 1000. The number of nitrogens with one attached hydrogen (secondary N) is 1. The molecule has 5 heteroatoms. The fourth-order valence-corrected chi connectivity index (χ4v) is 4.81. The number of hydrogen-bond acceptors (Lipinski definition) is 3. The standard InChI is InChI=1S/C24H27ClN4/c1-17-7-8-20(15-22(17)25)29-24-21(9-12-26-24)23(27-29)19-10-13-28(14-11-19)16-18-5-3-2-4-6-18/h2-8,15,19,26H,9-14,16H2,1H3. The minimum Gasteiger partial charge on any atom is -0.369 e. The van der Waals surface area contributed by atoms with Gasteiger partial charge in [-0.05, 0) is 62.5 Å². The van der Waals surface area contributed by atoms with Crippen molar-refractivity contribution in [2.45, 2.75) is 38.6 Å². The number of halogens is 1. The minimum atomic E-state index is 0.540. The maximum absolute atomic E-state index is 6.39. The van der Waals surface area contributed by atoms with Gasteiger partial charge in [-0.3, -0.25) is 4.90 Å². The van der Waals surface area contributed by atoms with Gasteiger partial charge < -0.3 is 5.32 Å². The van der Waals surface area contributed by atoms with E-state index in [1.165, 1.54) is 29.7 Å². The van der Waals surface area contributed by atoms with Crippen molar-refractivity contribution >= 4 is 17.4 Å². The number of fused-ring (bicyclic) bond motifs is 1. The first-order valence-corrected chi connectivity index (χ1v) is 11.0. The zero-order valence-corrected chi connectivity index (χ0v) is 17.6. The fourth-order valence-electron chi connectivity index (χ4n) is 4.64. The quantitative estimate of drug-likeness (QED) is 0.647. The Kier molecular flexibility index (Phi) is 5.06. The van der Waals surface area contributed by atoms with Gasteiger partial charge in [0.25, 0.3) is 0 Å². The molecule has 0 aliphatic carbocycles. The van der Waals surface area contributed by atoms with Gasteiger partial charge in [-0.1, -0.05) is 48.0 Å². The van der Waals surface area contributed by atoms with Crippen LogP contribution < -0.4 is 5.32 Å². The van der Waals surface area contributed by atoms with Crippen molar-refractivity contribution < 1.29 is 0 Å². The SMILES string of the molecule is Cc1ccc(-n2nc(C3CCN(Cc4ccccc4)CC3)c3c2NCC3)cc1Cl. The lowest BCUT2D eigenvalue weighted by Crippen LogP contribution is -2.32. The van der Waals surface area contributed by atoms with E-state index in [-0.39, 0.29) is 0 Å². The van der Waals surface area contributed by atoms with Crippen molar-refractivity contribution in [1.29, 1.82) is 0 Å². The van der Waals surface area contributed by atoms with Gasteiger partial charge in [-0.25, -0.2) is 4.68 Å². The van der Waals surface area contributed by atoms with E-state index in [0.717, 1.165) is 54.7 Å². The maximum atomic E-state index is 6.39. The van der Waals surface area contributed by atoms with E-state index >= 15 is 0 Å². The zero-order valence-electron chi connectivity index (χ0n) is 16.9. The smallest absolute Gasteiger partial charge is 0.133 e. The predicted octanol–water partition coefficient (Wildman–Crippen LogP) is 5.18. The Hall–Kier alpha value is -2.30. The molecule has 1 fully saturated rings. The highest BCUT2D eigenvalue weighted by Crippen LogP contribution is 2.37. The average Bonchev–Trinajstić information content (AvgIpc) is 3.35. The lowest BCUT2D eigenvalue weighted by molar-refractivity contribution is 0.203. The average molecular weight is 407 g/mol. The molecule has 0 spiro atoms. The number of hydrogen-bond donors (Lipinski definition) is 1. The first-order valence-electron chi connectivity index (χ1n) is 10.6. The lowest BCUT2D eigenvalue weighted by atomic mass is 9.90. The van der Waals surface area contributed by atoms with Crippen LogP contribution in [-0.2, 0) is 13.0 Å². The largest absolute Gasteiger partial charge is 0.369 e. The second-order valence-electron chi connectivity index (χ2n) is 8.27. The highest BCUT2D eigenvalue weighted by atomic mass is 35.5. The Balaban J connectivity index is 1.35. The van der Waals surface area contributed by atoms with Gasteiger partial charge in [0.05, 0.1) is 11.4 Å². The maximum Gasteiger partial charge on any atom is 0.133 e. The third-order valence-corrected chi connectivity index (χ3v) is 6.71. The number of aryl methyl sites for hydroxylation is 1. The monoisotopic (exact) mass is 406 g/mol. The number of piperidine rings is 1. The summed E-state index contributed by atoms with van der Waals surface area (Å²) in [6, 6.07) is 17.0. The number of anilines is 1. The van der Waals surface area contributed by atoms with Gasteiger partial charge in [0.2, 0.25) is 0 Å². The molecule has 0 radical (unpaired) electrons. The number of rotatable bonds is 4. The molecule has 3 heterocycles. The Morgan fingerprint density at radius 3 is 2.66 bits per heavy atom. The molecule has 150 valence electrons. The summed E-state index contributed by atoms with van der Waals surface area (Å²) in [6.07, 6.45) is 3.41. The predicted molar refractivity (Wildman–Crippen MR) is 119 cm³/mol.